The van der Waals surface area contributed by atoms with Crippen LogP contribution in [0.25, 0.3) is 0 Å². The van der Waals surface area contributed by atoms with E-state index in [9.17, 15) is 21.2 Å². The summed E-state index contributed by atoms with van der Waals surface area (Å²) in [6.45, 7) is 0. The lowest BCUT2D eigenvalue weighted by molar-refractivity contribution is 0.600. The highest BCUT2D eigenvalue weighted by atomic mass is 32.2. The molecular weight excluding hydrogens is 365 g/mol. The predicted octanol–water partition coefficient (Wildman–Crippen LogP) is 2.60. The molecule has 1 fully saturated rings. The van der Waals surface area contributed by atoms with Gasteiger partial charge in [0.25, 0.3) is 0 Å². The number of sulfone groups is 2. The largest absolute Gasteiger partial charge is 0.381 e. The molecule has 3 rings (SSSR count). The van der Waals surface area contributed by atoms with Gasteiger partial charge in [0.1, 0.15) is 5.82 Å². The SMILES string of the molecule is CS(=O)(=O)c1ccc(N[C@@H]2C[C@H]2c2cccc(F)c2)c(S(C)(=O)=O)c1. The van der Waals surface area contributed by atoms with Crippen molar-refractivity contribution >= 4 is 25.4 Å². The van der Waals surface area contributed by atoms with Gasteiger partial charge in [-0.05, 0) is 42.3 Å². The Balaban J connectivity index is 1.89. The fourth-order valence-electron chi connectivity index (χ4n) is 2.82. The van der Waals surface area contributed by atoms with Crippen LogP contribution >= 0.6 is 0 Å². The van der Waals surface area contributed by atoms with Crippen molar-refractivity contribution in [3.8, 4) is 0 Å². The van der Waals surface area contributed by atoms with Gasteiger partial charge in [-0.15, -0.1) is 0 Å². The van der Waals surface area contributed by atoms with E-state index < -0.39 is 19.7 Å². The number of hydrogen-bond donors (Lipinski definition) is 1. The molecule has 0 unspecified atom stereocenters. The molecule has 2 atom stereocenters. The minimum atomic E-state index is -3.61. The van der Waals surface area contributed by atoms with Crippen molar-refractivity contribution in [1.82, 2.24) is 0 Å². The summed E-state index contributed by atoms with van der Waals surface area (Å²) in [6.07, 6.45) is 2.82. The topological polar surface area (TPSA) is 80.3 Å². The van der Waals surface area contributed by atoms with Crippen molar-refractivity contribution in [2.45, 2.75) is 28.2 Å². The summed E-state index contributed by atoms with van der Waals surface area (Å²) < 4.78 is 60.8. The molecule has 0 heterocycles. The monoisotopic (exact) mass is 383 g/mol. The Morgan fingerprint density at radius 3 is 2.32 bits per heavy atom. The number of rotatable bonds is 5. The highest BCUT2D eigenvalue weighted by molar-refractivity contribution is 7.91. The first kappa shape index (κ1) is 17.9. The van der Waals surface area contributed by atoms with Gasteiger partial charge in [-0.3, -0.25) is 0 Å². The second-order valence-corrected chi connectivity index (χ2v) is 10.4. The molecule has 2 aromatic carbocycles. The van der Waals surface area contributed by atoms with Gasteiger partial charge in [-0.25, -0.2) is 21.2 Å². The summed E-state index contributed by atoms with van der Waals surface area (Å²) in [5.74, 6) is -0.213. The van der Waals surface area contributed by atoms with Crippen molar-refractivity contribution in [1.29, 1.82) is 0 Å². The second-order valence-electron chi connectivity index (χ2n) is 6.35. The van der Waals surface area contributed by atoms with Gasteiger partial charge in [-0.1, -0.05) is 12.1 Å². The number of nitrogens with one attached hydrogen (secondary N) is 1. The second kappa shape index (κ2) is 6.10. The van der Waals surface area contributed by atoms with E-state index >= 15 is 0 Å². The molecule has 1 saturated carbocycles. The Kier molecular flexibility index (Phi) is 4.36. The fraction of sp³-hybridized carbons (Fsp3) is 0.294. The molecule has 134 valence electrons. The number of anilines is 1. The Labute approximate surface area is 146 Å². The normalized spacial score (nSPS) is 20.3. The number of benzene rings is 2. The highest BCUT2D eigenvalue weighted by Gasteiger charge is 2.39. The Morgan fingerprint density at radius 1 is 1.00 bits per heavy atom. The fourth-order valence-corrected chi connectivity index (χ4v) is 4.41. The zero-order valence-corrected chi connectivity index (χ0v) is 15.4. The van der Waals surface area contributed by atoms with Crippen LogP contribution in [-0.4, -0.2) is 35.4 Å². The van der Waals surface area contributed by atoms with Crippen LogP contribution in [0.4, 0.5) is 10.1 Å². The molecule has 0 aromatic heterocycles. The zero-order valence-electron chi connectivity index (χ0n) is 13.7. The van der Waals surface area contributed by atoms with E-state index in [0.29, 0.717) is 5.69 Å². The molecular formula is C17H18FNO4S2. The third-order valence-electron chi connectivity index (χ3n) is 4.19. The molecule has 5 nitrogen and oxygen atoms in total. The Morgan fingerprint density at radius 2 is 1.72 bits per heavy atom. The summed E-state index contributed by atoms with van der Waals surface area (Å²) in [5.41, 5.74) is 1.21. The van der Waals surface area contributed by atoms with Crippen LogP contribution < -0.4 is 5.32 Å². The van der Waals surface area contributed by atoms with Crippen molar-refractivity contribution < 1.29 is 21.2 Å². The maximum absolute atomic E-state index is 13.3. The van der Waals surface area contributed by atoms with Crippen molar-refractivity contribution in [3.05, 3.63) is 53.8 Å². The summed E-state index contributed by atoms with van der Waals surface area (Å²) in [5, 5.41) is 3.14. The molecule has 1 N–H and O–H groups in total. The molecule has 0 saturated heterocycles. The third-order valence-corrected chi connectivity index (χ3v) is 6.44. The average molecular weight is 383 g/mol. The van der Waals surface area contributed by atoms with E-state index in [0.717, 1.165) is 24.5 Å². The highest BCUT2D eigenvalue weighted by Crippen LogP contribution is 2.43. The summed E-state index contributed by atoms with van der Waals surface area (Å²) in [7, 11) is -7.12. The van der Waals surface area contributed by atoms with Gasteiger partial charge >= 0.3 is 0 Å². The molecule has 0 radical (unpaired) electrons. The first-order valence-electron chi connectivity index (χ1n) is 7.62. The van der Waals surface area contributed by atoms with Crippen molar-refractivity contribution in [2.24, 2.45) is 0 Å². The quantitative estimate of drug-likeness (QED) is 0.858. The van der Waals surface area contributed by atoms with Gasteiger partial charge in [0.05, 0.1) is 15.5 Å². The first-order chi connectivity index (χ1) is 11.6. The van der Waals surface area contributed by atoms with E-state index in [2.05, 4.69) is 5.32 Å². The minimum Gasteiger partial charge on any atom is -0.381 e. The van der Waals surface area contributed by atoms with Gasteiger partial charge < -0.3 is 5.32 Å². The van der Waals surface area contributed by atoms with E-state index in [-0.39, 0.29) is 27.6 Å². The Hall–Kier alpha value is -1.93. The standard InChI is InChI=1S/C17H18FNO4S2/c1-24(20,21)13-6-7-15(17(9-13)25(2,22)23)19-16-10-14(16)11-4-3-5-12(18)8-11/h3-9,14,16,19H,10H2,1-2H3/t14-,16+/m0/s1. The summed E-state index contributed by atoms with van der Waals surface area (Å²) >= 11 is 0. The van der Waals surface area contributed by atoms with Gasteiger partial charge in [0, 0.05) is 24.5 Å². The molecule has 1 aliphatic carbocycles. The third kappa shape index (κ3) is 4.01. The smallest absolute Gasteiger partial charge is 0.177 e. The molecule has 2 aromatic rings. The van der Waals surface area contributed by atoms with E-state index in [1.54, 1.807) is 6.07 Å². The van der Waals surface area contributed by atoms with Crippen LogP contribution in [0, 0.1) is 5.82 Å². The van der Waals surface area contributed by atoms with Crippen molar-refractivity contribution in [2.75, 3.05) is 17.8 Å². The zero-order chi connectivity index (χ0) is 18.4. The lowest BCUT2D eigenvalue weighted by atomic mass is 10.1. The molecule has 0 spiro atoms. The molecule has 8 heteroatoms. The Bertz CT molecular complexity index is 1030. The maximum atomic E-state index is 13.3. The molecule has 25 heavy (non-hydrogen) atoms. The first-order valence-corrected chi connectivity index (χ1v) is 11.4. The van der Waals surface area contributed by atoms with Crippen LogP contribution in [0.15, 0.2) is 52.3 Å². The number of hydrogen-bond acceptors (Lipinski definition) is 5. The maximum Gasteiger partial charge on any atom is 0.177 e. The average Bonchev–Trinajstić information content (AvgIpc) is 3.24. The van der Waals surface area contributed by atoms with Gasteiger partial charge in [0.2, 0.25) is 0 Å². The molecule has 0 aliphatic heterocycles. The summed E-state index contributed by atoms with van der Waals surface area (Å²) in [4.78, 5) is -0.101. The van der Waals surface area contributed by atoms with E-state index in [1.165, 1.54) is 30.3 Å². The van der Waals surface area contributed by atoms with Crippen LogP contribution in [0.3, 0.4) is 0 Å². The summed E-state index contributed by atoms with van der Waals surface area (Å²) in [6, 6.07) is 10.3. The predicted molar refractivity (Wildman–Crippen MR) is 93.8 cm³/mol. The lowest BCUT2D eigenvalue weighted by Gasteiger charge is -2.12. The molecule has 0 bridgehead atoms. The molecule has 0 amide bonds. The molecule has 1 aliphatic rings. The van der Waals surface area contributed by atoms with E-state index in [1.807, 2.05) is 6.07 Å². The van der Waals surface area contributed by atoms with Crippen LogP contribution in [-0.2, 0) is 19.7 Å². The van der Waals surface area contributed by atoms with Crippen LogP contribution in [0.2, 0.25) is 0 Å². The van der Waals surface area contributed by atoms with Crippen LogP contribution in [0.1, 0.15) is 17.9 Å². The number of halogens is 1. The lowest BCUT2D eigenvalue weighted by Crippen LogP contribution is -2.10. The van der Waals surface area contributed by atoms with Crippen molar-refractivity contribution in [3.63, 3.8) is 0 Å². The van der Waals surface area contributed by atoms with Gasteiger partial charge in [0.15, 0.2) is 19.7 Å². The minimum absolute atomic E-state index is 0.0219. The van der Waals surface area contributed by atoms with Gasteiger partial charge in [-0.2, -0.15) is 0 Å². The van der Waals surface area contributed by atoms with Crippen LogP contribution in [0.5, 0.6) is 0 Å². The van der Waals surface area contributed by atoms with E-state index in [4.69, 9.17) is 0 Å².